The lowest BCUT2D eigenvalue weighted by atomic mass is 9.68. The second-order valence-electron chi connectivity index (χ2n) is 6.53. The number of nitriles is 1. The molecule has 1 N–H and O–H groups in total. The Morgan fingerprint density at radius 3 is 2.44 bits per heavy atom. The third kappa shape index (κ3) is 3.70. The summed E-state index contributed by atoms with van der Waals surface area (Å²) in [5.74, 6) is 0.815. The molecule has 3 unspecified atom stereocenters. The number of hydrogen-bond donors (Lipinski definition) is 1. The van der Waals surface area contributed by atoms with E-state index in [1.165, 1.54) is 0 Å². The summed E-state index contributed by atoms with van der Waals surface area (Å²) in [5.41, 5.74) is 0.317. The summed E-state index contributed by atoms with van der Waals surface area (Å²) in [5, 5.41) is 18.5. The monoisotopic (exact) mass is 252 g/mol. The largest absolute Gasteiger partial charge is 0.395 e. The average molecular weight is 252 g/mol. The fourth-order valence-electron chi connectivity index (χ4n) is 3.17. The van der Waals surface area contributed by atoms with Crippen molar-refractivity contribution in [3.8, 4) is 6.07 Å². The van der Waals surface area contributed by atoms with E-state index < -0.39 is 0 Å². The quantitative estimate of drug-likeness (QED) is 0.836. The van der Waals surface area contributed by atoms with E-state index in [2.05, 4.69) is 38.7 Å². The Bertz CT molecular complexity index is 290. The van der Waals surface area contributed by atoms with E-state index in [1.807, 2.05) is 0 Å². The van der Waals surface area contributed by atoms with E-state index in [1.54, 1.807) is 0 Å². The highest BCUT2D eigenvalue weighted by Crippen LogP contribution is 2.41. The molecule has 1 fully saturated rings. The molecular formula is C15H28N2O. The summed E-state index contributed by atoms with van der Waals surface area (Å²) < 4.78 is 0. The minimum absolute atomic E-state index is 0.134. The normalized spacial score (nSPS) is 29.3. The minimum Gasteiger partial charge on any atom is -0.395 e. The van der Waals surface area contributed by atoms with Crippen molar-refractivity contribution >= 4 is 0 Å². The molecule has 1 rings (SSSR count). The summed E-state index contributed by atoms with van der Waals surface area (Å²) in [4.78, 5) is 2.28. The molecule has 1 aliphatic rings. The van der Waals surface area contributed by atoms with Crippen LogP contribution < -0.4 is 0 Å². The van der Waals surface area contributed by atoms with E-state index in [-0.39, 0.29) is 12.5 Å². The molecule has 3 nitrogen and oxygen atoms in total. The Morgan fingerprint density at radius 2 is 2.00 bits per heavy atom. The van der Waals surface area contributed by atoms with Gasteiger partial charge in [-0.15, -0.1) is 0 Å². The number of rotatable bonds is 4. The molecule has 0 heterocycles. The Labute approximate surface area is 112 Å². The first-order valence-electron chi connectivity index (χ1n) is 7.18. The van der Waals surface area contributed by atoms with Crippen molar-refractivity contribution in [3.63, 3.8) is 0 Å². The summed E-state index contributed by atoms with van der Waals surface area (Å²) in [6.45, 7) is 10.8. The van der Waals surface area contributed by atoms with Gasteiger partial charge < -0.3 is 5.11 Å². The van der Waals surface area contributed by atoms with E-state index in [9.17, 15) is 5.26 Å². The lowest BCUT2D eigenvalue weighted by Gasteiger charge is -2.44. The first-order chi connectivity index (χ1) is 8.43. The molecule has 1 saturated carbocycles. The minimum atomic E-state index is 0.134. The lowest BCUT2D eigenvalue weighted by molar-refractivity contribution is 0.0531. The van der Waals surface area contributed by atoms with Crippen molar-refractivity contribution < 1.29 is 5.11 Å². The molecule has 0 aromatic heterocycles. The molecule has 0 amide bonds. The Kier molecular flexibility index (Phi) is 5.62. The van der Waals surface area contributed by atoms with Crippen LogP contribution in [0.15, 0.2) is 0 Å². The third-order valence-electron chi connectivity index (χ3n) is 4.47. The van der Waals surface area contributed by atoms with Gasteiger partial charge in [0.05, 0.1) is 18.6 Å². The molecule has 18 heavy (non-hydrogen) atoms. The van der Waals surface area contributed by atoms with Gasteiger partial charge in [-0.25, -0.2) is 0 Å². The first kappa shape index (κ1) is 15.5. The lowest BCUT2D eigenvalue weighted by Crippen LogP contribution is -2.47. The highest BCUT2D eigenvalue weighted by Gasteiger charge is 2.38. The topological polar surface area (TPSA) is 47.3 Å². The average Bonchev–Trinajstić information content (AvgIpc) is 2.34. The van der Waals surface area contributed by atoms with Crippen LogP contribution in [0, 0.1) is 28.6 Å². The molecule has 0 spiro atoms. The van der Waals surface area contributed by atoms with Gasteiger partial charge in [0.2, 0.25) is 0 Å². The Morgan fingerprint density at radius 1 is 1.33 bits per heavy atom. The first-order valence-corrected chi connectivity index (χ1v) is 7.18. The summed E-state index contributed by atoms with van der Waals surface area (Å²) in [6.07, 6.45) is 3.26. The van der Waals surface area contributed by atoms with Crippen LogP contribution in [0.2, 0.25) is 0 Å². The molecule has 0 aromatic carbocycles. The maximum Gasteiger partial charge on any atom is 0.0672 e. The zero-order valence-corrected chi connectivity index (χ0v) is 12.3. The van der Waals surface area contributed by atoms with Crippen molar-refractivity contribution in [3.05, 3.63) is 0 Å². The number of aliphatic hydroxyl groups excluding tert-OH is 1. The smallest absolute Gasteiger partial charge is 0.0672 e. The molecule has 1 aliphatic carbocycles. The van der Waals surface area contributed by atoms with Crippen molar-refractivity contribution in [1.29, 1.82) is 5.26 Å². The molecule has 3 heteroatoms. The van der Waals surface area contributed by atoms with Crippen molar-refractivity contribution in [2.24, 2.45) is 17.3 Å². The van der Waals surface area contributed by atoms with E-state index in [0.29, 0.717) is 23.9 Å². The van der Waals surface area contributed by atoms with Crippen molar-refractivity contribution in [2.45, 2.75) is 53.0 Å². The maximum atomic E-state index is 9.32. The number of hydrogen-bond acceptors (Lipinski definition) is 3. The van der Waals surface area contributed by atoms with E-state index in [0.717, 1.165) is 25.8 Å². The fourth-order valence-corrected chi connectivity index (χ4v) is 3.17. The number of aliphatic hydroxyl groups is 1. The second-order valence-corrected chi connectivity index (χ2v) is 6.53. The standard InChI is InChI=1S/C15H28N2O/c1-5-17(8-9-18)14-10-13(15(2,3)4)7-6-12(14)11-16/h12-14,18H,5-10H2,1-4H3. The highest BCUT2D eigenvalue weighted by molar-refractivity contribution is 4.99. The van der Waals surface area contributed by atoms with E-state index >= 15 is 0 Å². The van der Waals surface area contributed by atoms with Crippen LogP contribution in [0.25, 0.3) is 0 Å². The molecule has 104 valence electrons. The Hall–Kier alpha value is -0.590. The molecule has 3 atom stereocenters. The van der Waals surface area contributed by atoms with Gasteiger partial charge in [0, 0.05) is 12.6 Å². The number of likely N-dealkylation sites (N-methyl/N-ethyl adjacent to an activating group) is 1. The van der Waals surface area contributed by atoms with Gasteiger partial charge in [0.25, 0.3) is 0 Å². The van der Waals surface area contributed by atoms with Crippen LogP contribution in [-0.4, -0.2) is 35.7 Å². The van der Waals surface area contributed by atoms with Gasteiger partial charge in [-0.1, -0.05) is 27.7 Å². The molecule has 0 radical (unpaired) electrons. The van der Waals surface area contributed by atoms with Gasteiger partial charge in [-0.3, -0.25) is 4.90 Å². The second kappa shape index (κ2) is 6.54. The SMILES string of the molecule is CCN(CCO)C1CC(C(C)(C)C)CCC1C#N. The van der Waals surface area contributed by atoms with Crippen molar-refractivity contribution in [2.75, 3.05) is 19.7 Å². The van der Waals surface area contributed by atoms with Crippen LogP contribution in [0.1, 0.15) is 47.0 Å². The van der Waals surface area contributed by atoms with Crippen LogP contribution in [0.4, 0.5) is 0 Å². The van der Waals surface area contributed by atoms with Gasteiger partial charge in [0.1, 0.15) is 0 Å². The predicted octanol–water partition coefficient (Wildman–Crippen LogP) is 2.66. The molecule has 0 aromatic rings. The third-order valence-corrected chi connectivity index (χ3v) is 4.47. The molecular weight excluding hydrogens is 224 g/mol. The molecule has 0 saturated heterocycles. The zero-order chi connectivity index (χ0) is 13.8. The van der Waals surface area contributed by atoms with Crippen molar-refractivity contribution in [1.82, 2.24) is 4.90 Å². The zero-order valence-electron chi connectivity index (χ0n) is 12.3. The van der Waals surface area contributed by atoms with E-state index in [4.69, 9.17) is 5.11 Å². The van der Waals surface area contributed by atoms with Crippen LogP contribution in [0.3, 0.4) is 0 Å². The van der Waals surface area contributed by atoms with Gasteiger partial charge >= 0.3 is 0 Å². The van der Waals surface area contributed by atoms with Gasteiger partial charge in [-0.05, 0) is 37.1 Å². The molecule has 0 aliphatic heterocycles. The molecule has 0 bridgehead atoms. The van der Waals surface area contributed by atoms with Crippen LogP contribution in [0.5, 0.6) is 0 Å². The Balaban J connectivity index is 2.79. The van der Waals surface area contributed by atoms with Gasteiger partial charge in [-0.2, -0.15) is 5.26 Å². The predicted molar refractivity (Wildman–Crippen MR) is 74.0 cm³/mol. The van der Waals surface area contributed by atoms with Crippen LogP contribution in [-0.2, 0) is 0 Å². The summed E-state index contributed by atoms with van der Waals surface area (Å²) in [6, 6.07) is 2.80. The summed E-state index contributed by atoms with van der Waals surface area (Å²) >= 11 is 0. The maximum absolute atomic E-state index is 9.32. The number of nitrogens with zero attached hydrogens (tertiary/aromatic N) is 2. The fraction of sp³-hybridized carbons (Fsp3) is 0.933. The van der Waals surface area contributed by atoms with Crippen LogP contribution >= 0.6 is 0 Å². The van der Waals surface area contributed by atoms with Gasteiger partial charge in [0.15, 0.2) is 0 Å². The highest BCUT2D eigenvalue weighted by atomic mass is 16.3. The summed E-state index contributed by atoms with van der Waals surface area (Å²) in [7, 11) is 0.